The van der Waals surface area contributed by atoms with E-state index in [1.807, 2.05) is 0 Å². The summed E-state index contributed by atoms with van der Waals surface area (Å²) in [6.45, 7) is 0. The van der Waals surface area contributed by atoms with Crippen LogP contribution in [-0.4, -0.2) is 35.5 Å². The average molecular weight is 214 g/mol. The molecule has 1 unspecified atom stereocenters. The van der Waals surface area contributed by atoms with Crippen molar-refractivity contribution >= 4 is 41.4 Å². The Morgan fingerprint density at radius 3 is 2.30 bits per heavy atom. The van der Waals surface area contributed by atoms with Crippen LogP contribution >= 0.6 is 41.4 Å². The molecule has 0 nitrogen and oxygen atoms in total. The lowest BCUT2D eigenvalue weighted by Crippen LogP contribution is -1.99. The van der Waals surface area contributed by atoms with Crippen LogP contribution in [0.5, 0.6) is 0 Å². The van der Waals surface area contributed by atoms with E-state index >= 15 is 0 Å². The van der Waals surface area contributed by atoms with Crippen molar-refractivity contribution in [3.63, 3.8) is 0 Å². The van der Waals surface area contributed by atoms with Crippen LogP contribution in [0.2, 0.25) is 0 Å². The van der Waals surface area contributed by atoms with Crippen molar-refractivity contribution in [2.24, 2.45) is 0 Å². The highest BCUT2D eigenvalue weighted by Crippen LogP contribution is 2.67. The highest BCUT2D eigenvalue weighted by molar-refractivity contribution is 9.24. The summed E-state index contributed by atoms with van der Waals surface area (Å²) in [5, 5.41) is 1.01. The first kappa shape index (κ1) is 9.49. The third-order valence-corrected chi connectivity index (χ3v) is 12.7. The fourth-order valence-electron chi connectivity index (χ4n) is 0.706. The monoisotopic (exact) mass is 214 g/mol. The maximum absolute atomic E-state index is 2.43. The molecule has 0 N–H and O–H groups in total. The number of rotatable bonds is 4. The van der Waals surface area contributed by atoms with Crippen LogP contribution in [0.1, 0.15) is 0 Å². The molecule has 0 spiro atoms. The molecule has 0 amide bonds. The Morgan fingerprint density at radius 2 is 2.00 bits per heavy atom. The molecule has 62 valence electrons. The predicted molar refractivity (Wildman–Crippen MR) is 61.7 cm³/mol. The van der Waals surface area contributed by atoms with E-state index in [4.69, 9.17) is 0 Å². The van der Waals surface area contributed by atoms with Crippen LogP contribution in [0.4, 0.5) is 0 Å². The quantitative estimate of drug-likeness (QED) is 0.521. The Morgan fingerprint density at radius 1 is 1.50 bits per heavy atom. The molecule has 4 heteroatoms. The molecule has 0 bridgehead atoms. The summed E-state index contributed by atoms with van der Waals surface area (Å²) >= 11 is 2.12. The first-order chi connectivity index (χ1) is 4.70. The molecule has 1 aliphatic heterocycles. The van der Waals surface area contributed by atoms with Crippen molar-refractivity contribution in [3.8, 4) is 0 Å². The molecule has 0 radical (unpaired) electrons. The first-order valence-electron chi connectivity index (χ1n) is 3.19. The topological polar surface area (TPSA) is 0 Å². The van der Waals surface area contributed by atoms with Crippen LogP contribution < -0.4 is 0 Å². The van der Waals surface area contributed by atoms with E-state index in [0.29, 0.717) is 0 Å². The summed E-state index contributed by atoms with van der Waals surface area (Å²) in [5.74, 6) is 2.88. The van der Waals surface area contributed by atoms with E-state index in [9.17, 15) is 0 Å². The minimum atomic E-state index is -0.339. The zero-order valence-corrected chi connectivity index (χ0v) is 9.89. The second-order valence-corrected chi connectivity index (χ2v) is 13.6. The summed E-state index contributed by atoms with van der Waals surface area (Å²) in [6, 6.07) is 0. The second-order valence-electron chi connectivity index (χ2n) is 2.38. The molecule has 1 fully saturated rings. The van der Waals surface area contributed by atoms with Gasteiger partial charge in [-0.2, -0.15) is 11.8 Å². The molecule has 10 heavy (non-hydrogen) atoms. The van der Waals surface area contributed by atoms with Crippen LogP contribution in [0.3, 0.4) is 0 Å². The van der Waals surface area contributed by atoms with Gasteiger partial charge in [0.15, 0.2) is 0 Å². The van der Waals surface area contributed by atoms with E-state index in [1.54, 1.807) is 0 Å². The lowest BCUT2D eigenvalue weighted by Gasteiger charge is -2.30. The minimum absolute atomic E-state index is 0.339. The largest absolute Gasteiger partial charge is 0.156 e. The standard InChI is InChI=1S/C6H14S4/c1-7-10(3,8-2)5-6-4-9-6/h6H,4-5H2,1-3H3. The van der Waals surface area contributed by atoms with Crippen molar-refractivity contribution in [1.82, 2.24) is 0 Å². The fraction of sp³-hybridized carbons (Fsp3) is 1.00. The maximum atomic E-state index is 2.43. The zero-order chi connectivity index (χ0) is 7.61. The third kappa shape index (κ3) is 2.80. The van der Waals surface area contributed by atoms with E-state index in [0.717, 1.165) is 5.25 Å². The van der Waals surface area contributed by atoms with Gasteiger partial charge in [-0.05, 0) is 18.8 Å². The van der Waals surface area contributed by atoms with Gasteiger partial charge in [-0.1, -0.05) is 0 Å². The fourth-order valence-corrected chi connectivity index (χ4v) is 7.46. The Bertz CT molecular complexity index is 106. The highest BCUT2D eigenvalue weighted by atomic mass is 33.6. The van der Waals surface area contributed by atoms with Gasteiger partial charge in [0.25, 0.3) is 0 Å². The Labute approximate surface area is 76.8 Å². The van der Waals surface area contributed by atoms with Crippen LogP contribution in [0.25, 0.3) is 0 Å². The van der Waals surface area contributed by atoms with E-state index in [1.165, 1.54) is 11.5 Å². The van der Waals surface area contributed by atoms with Gasteiger partial charge in [-0.3, -0.25) is 0 Å². The number of thioether (sulfide) groups is 1. The normalized spacial score (nSPS) is 26.5. The molecular formula is C6H14S4. The van der Waals surface area contributed by atoms with Gasteiger partial charge in [0.1, 0.15) is 0 Å². The zero-order valence-electron chi connectivity index (χ0n) is 6.62. The average Bonchev–Trinajstić information content (AvgIpc) is 2.72. The van der Waals surface area contributed by atoms with E-state index < -0.39 is 0 Å². The smallest absolute Gasteiger partial charge is 0.0229 e. The van der Waals surface area contributed by atoms with Crippen molar-refractivity contribution in [2.45, 2.75) is 5.25 Å². The number of hydrogen-bond acceptors (Lipinski definition) is 3. The molecule has 1 saturated heterocycles. The van der Waals surface area contributed by atoms with Crippen molar-refractivity contribution in [1.29, 1.82) is 0 Å². The maximum Gasteiger partial charge on any atom is 0.0229 e. The van der Waals surface area contributed by atoms with E-state index in [-0.39, 0.29) is 8.09 Å². The summed E-state index contributed by atoms with van der Waals surface area (Å²) in [5.41, 5.74) is 0. The Kier molecular flexibility index (Phi) is 3.68. The Balaban J connectivity index is 2.29. The highest BCUT2D eigenvalue weighted by Gasteiger charge is 2.29. The van der Waals surface area contributed by atoms with Crippen LogP contribution in [0.15, 0.2) is 0 Å². The first-order valence-corrected chi connectivity index (χ1v) is 9.93. The molecule has 0 aromatic carbocycles. The molecule has 0 aromatic heterocycles. The van der Waals surface area contributed by atoms with Crippen molar-refractivity contribution < 1.29 is 0 Å². The van der Waals surface area contributed by atoms with Crippen molar-refractivity contribution in [2.75, 3.05) is 30.3 Å². The molecule has 1 aliphatic rings. The van der Waals surface area contributed by atoms with Gasteiger partial charge in [-0.25, -0.2) is 0 Å². The SMILES string of the molecule is CSS(C)(CC1CS1)SC. The third-order valence-electron chi connectivity index (χ3n) is 1.60. The summed E-state index contributed by atoms with van der Waals surface area (Å²) in [6.07, 6.45) is 6.93. The summed E-state index contributed by atoms with van der Waals surface area (Å²) in [7, 11) is 3.81. The van der Waals surface area contributed by atoms with Gasteiger partial charge >= 0.3 is 0 Å². The van der Waals surface area contributed by atoms with Crippen molar-refractivity contribution in [3.05, 3.63) is 0 Å². The van der Waals surface area contributed by atoms with Gasteiger partial charge in [-0.15, -0.1) is 29.7 Å². The molecule has 1 rings (SSSR count). The lowest BCUT2D eigenvalue weighted by atomic mass is 10.6. The van der Waals surface area contributed by atoms with Crippen LogP contribution in [0, 0.1) is 0 Å². The predicted octanol–water partition coefficient (Wildman–Crippen LogP) is 3.09. The van der Waals surface area contributed by atoms with Crippen LogP contribution in [-0.2, 0) is 0 Å². The summed E-state index contributed by atoms with van der Waals surface area (Å²) < 4.78 is 0. The minimum Gasteiger partial charge on any atom is -0.156 e. The molecular weight excluding hydrogens is 200 g/mol. The number of hydrogen-bond donors (Lipinski definition) is 0. The summed E-state index contributed by atoms with van der Waals surface area (Å²) in [4.78, 5) is 0. The molecule has 1 atom stereocenters. The second kappa shape index (κ2) is 3.87. The molecule has 1 heterocycles. The van der Waals surface area contributed by atoms with E-state index in [2.05, 4.69) is 52.1 Å². The lowest BCUT2D eigenvalue weighted by molar-refractivity contribution is 1.27. The molecule has 0 aromatic rings. The molecule has 0 aliphatic carbocycles. The van der Waals surface area contributed by atoms with Gasteiger partial charge in [0, 0.05) is 16.8 Å². The van der Waals surface area contributed by atoms with Gasteiger partial charge < -0.3 is 0 Å². The molecule has 0 saturated carbocycles. The van der Waals surface area contributed by atoms with Gasteiger partial charge in [0.2, 0.25) is 0 Å². The van der Waals surface area contributed by atoms with Gasteiger partial charge in [0.05, 0.1) is 0 Å². The Hall–Kier alpha value is 1.40.